The van der Waals surface area contributed by atoms with Crippen LogP contribution in [0.2, 0.25) is 0 Å². The summed E-state index contributed by atoms with van der Waals surface area (Å²) in [7, 11) is 1.91. The molecule has 2 aromatic heterocycles. The third-order valence-corrected chi connectivity index (χ3v) is 2.86. The Morgan fingerprint density at radius 2 is 2.06 bits per heavy atom. The SMILES string of the molecule is CC(C)C(O)c1ccn(Cc2ccn(C)n2)c1. The Labute approximate surface area is 101 Å². The highest BCUT2D eigenvalue weighted by molar-refractivity contribution is 5.15. The van der Waals surface area contributed by atoms with Gasteiger partial charge in [-0.2, -0.15) is 5.10 Å². The van der Waals surface area contributed by atoms with E-state index in [1.54, 1.807) is 4.68 Å². The Hall–Kier alpha value is -1.55. The van der Waals surface area contributed by atoms with Crippen molar-refractivity contribution in [3.8, 4) is 0 Å². The van der Waals surface area contributed by atoms with Crippen molar-refractivity contribution in [2.45, 2.75) is 26.5 Å². The van der Waals surface area contributed by atoms with Gasteiger partial charge >= 0.3 is 0 Å². The van der Waals surface area contributed by atoms with Gasteiger partial charge in [-0.25, -0.2) is 0 Å². The summed E-state index contributed by atoms with van der Waals surface area (Å²) in [6, 6.07) is 3.96. The smallest absolute Gasteiger partial charge is 0.0827 e. The van der Waals surface area contributed by atoms with E-state index in [0.717, 1.165) is 17.8 Å². The van der Waals surface area contributed by atoms with Crippen LogP contribution in [0.3, 0.4) is 0 Å². The molecule has 2 rings (SSSR count). The summed E-state index contributed by atoms with van der Waals surface area (Å²) >= 11 is 0. The molecule has 17 heavy (non-hydrogen) atoms. The van der Waals surface area contributed by atoms with Crippen LogP contribution in [-0.2, 0) is 13.6 Å². The third kappa shape index (κ3) is 2.77. The van der Waals surface area contributed by atoms with Crippen LogP contribution in [0.15, 0.2) is 30.7 Å². The van der Waals surface area contributed by atoms with Gasteiger partial charge in [-0.1, -0.05) is 13.8 Å². The van der Waals surface area contributed by atoms with Crippen molar-refractivity contribution < 1.29 is 5.11 Å². The van der Waals surface area contributed by atoms with E-state index in [1.807, 2.05) is 56.2 Å². The van der Waals surface area contributed by atoms with Gasteiger partial charge in [0.15, 0.2) is 0 Å². The lowest BCUT2D eigenvalue weighted by Gasteiger charge is -2.12. The monoisotopic (exact) mass is 233 g/mol. The van der Waals surface area contributed by atoms with Gasteiger partial charge in [-0.05, 0) is 23.6 Å². The summed E-state index contributed by atoms with van der Waals surface area (Å²) in [4.78, 5) is 0. The van der Waals surface area contributed by atoms with Crippen LogP contribution in [0.25, 0.3) is 0 Å². The molecule has 0 bridgehead atoms. The highest BCUT2D eigenvalue weighted by Crippen LogP contribution is 2.21. The van der Waals surface area contributed by atoms with E-state index in [9.17, 15) is 5.11 Å². The van der Waals surface area contributed by atoms with Crippen molar-refractivity contribution in [1.82, 2.24) is 14.3 Å². The molecule has 0 aliphatic rings. The first-order valence-corrected chi connectivity index (χ1v) is 5.88. The van der Waals surface area contributed by atoms with Crippen molar-refractivity contribution in [3.05, 3.63) is 42.0 Å². The number of aliphatic hydroxyl groups excluding tert-OH is 1. The molecule has 1 unspecified atom stereocenters. The molecule has 0 saturated heterocycles. The molecule has 0 aliphatic heterocycles. The maximum atomic E-state index is 9.95. The van der Waals surface area contributed by atoms with E-state index in [1.165, 1.54) is 0 Å². The van der Waals surface area contributed by atoms with Gasteiger partial charge in [0.2, 0.25) is 0 Å². The van der Waals surface area contributed by atoms with Crippen molar-refractivity contribution >= 4 is 0 Å². The van der Waals surface area contributed by atoms with Crippen molar-refractivity contribution in [2.24, 2.45) is 13.0 Å². The zero-order valence-electron chi connectivity index (χ0n) is 10.5. The molecule has 0 aromatic carbocycles. The number of rotatable bonds is 4. The Morgan fingerprint density at radius 3 is 2.65 bits per heavy atom. The second-order valence-electron chi connectivity index (χ2n) is 4.79. The first-order chi connectivity index (χ1) is 8.06. The van der Waals surface area contributed by atoms with Crippen LogP contribution in [0.4, 0.5) is 0 Å². The second kappa shape index (κ2) is 4.75. The van der Waals surface area contributed by atoms with E-state index < -0.39 is 0 Å². The molecular formula is C13H19N3O. The molecule has 4 heteroatoms. The molecule has 1 N–H and O–H groups in total. The fraction of sp³-hybridized carbons (Fsp3) is 0.462. The number of nitrogens with zero attached hydrogens (tertiary/aromatic N) is 3. The quantitative estimate of drug-likeness (QED) is 0.877. The van der Waals surface area contributed by atoms with Gasteiger partial charge < -0.3 is 9.67 Å². The lowest BCUT2D eigenvalue weighted by atomic mass is 10.0. The molecule has 0 radical (unpaired) electrons. The zero-order chi connectivity index (χ0) is 12.4. The van der Waals surface area contributed by atoms with Gasteiger partial charge in [-0.3, -0.25) is 4.68 Å². The summed E-state index contributed by atoms with van der Waals surface area (Å²) in [5, 5.41) is 14.3. The minimum atomic E-state index is -0.389. The Kier molecular flexibility index (Phi) is 3.33. The van der Waals surface area contributed by atoms with Gasteiger partial charge in [0, 0.05) is 25.6 Å². The van der Waals surface area contributed by atoms with Crippen molar-refractivity contribution in [1.29, 1.82) is 0 Å². The van der Waals surface area contributed by atoms with Gasteiger partial charge in [0.05, 0.1) is 18.3 Å². The summed E-state index contributed by atoms with van der Waals surface area (Å²) < 4.78 is 3.84. The lowest BCUT2D eigenvalue weighted by molar-refractivity contribution is 0.127. The number of aryl methyl sites for hydroxylation is 1. The molecule has 2 heterocycles. The zero-order valence-corrected chi connectivity index (χ0v) is 10.5. The topological polar surface area (TPSA) is 43.0 Å². The number of aliphatic hydroxyl groups is 1. The predicted octanol–water partition coefficient (Wildman–Crippen LogP) is 1.96. The second-order valence-corrected chi connectivity index (χ2v) is 4.79. The van der Waals surface area contributed by atoms with Crippen molar-refractivity contribution in [2.75, 3.05) is 0 Å². The van der Waals surface area contributed by atoms with Crippen LogP contribution in [0.5, 0.6) is 0 Å². The largest absolute Gasteiger partial charge is 0.388 e. The molecule has 2 aromatic rings. The van der Waals surface area contributed by atoms with Crippen LogP contribution in [0, 0.1) is 5.92 Å². The predicted molar refractivity (Wildman–Crippen MR) is 66.5 cm³/mol. The molecule has 0 saturated carbocycles. The summed E-state index contributed by atoms with van der Waals surface area (Å²) in [5.41, 5.74) is 1.99. The van der Waals surface area contributed by atoms with Gasteiger partial charge in [-0.15, -0.1) is 0 Å². The first kappa shape index (κ1) is 11.9. The van der Waals surface area contributed by atoms with E-state index in [-0.39, 0.29) is 12.0 Å². The standard InChI is InChI=1S/C13H19N3O/c1-10(2)13(17)11-4-7-16(8-11)9-12-5-6-15(3)14-12/h4-8,10,13,17H,9H2,1-3H3. The summed E-state index contributed by atoms with van der Waals surface area (Å²) in [6.07, 6.45) is 5.51. The first-order valence-electron chi connectivity index (χ1n) is 5.88. The third-order valence-electron chi connectivity index (χ3n) is 2.86. The number of hydrogen-bond donors (Lipinski definition) is 1. The average Bonchev–Trinajstić information content (AvgIpc) is 2.87. The van der Waals surface area contributed by atoms with Crippen LogP contribution < -0.4 is 0 Å². The maximum Gasteiger partial charge on any atom is 0.0827 e. The van der Waals surface area contributed by atoms with Crippen LogP contribution in [0.1, 0.15) is 31.2 Å². The molecule has 0 aliphatic carbocycles. The van der Waals surface area contributed by atoms with Gasteiger partial charge in [0.1, 0.15) is 0 Å². The molecule has 0 spiro atoms. The molecule has 92 valence electrons. The normalized spacial score (nSPS) is 13.2. The summed E-state index contributed by atoms with van der Waals surface area (Å²) in [6.45, 7) is 4.77. The fourth-order valence-corrected chi connectivity index (χ4v) is 1.85. The maximum absolute atomic E-state index is 9.95. The van der Waals surface area contributed by atoms with Crippen LogP contribution >= 0.6 is 0 Å². The lowest BCUT2D eigenvalue weighted by Crippen LogP contribution is -2.04. The van der Waals surface area contributed by atoms with Crippen LogP contribution in [-0.4, -0.2) is 19.5 Å². The number of aromatic nitrogens is 3. The Balaban J connectivity index is 2.08. The number of hydrogen-bond acceptors (Lipinski definition) is 2. The molecule has 4 nitrogen and oxygen atoms in total. The van der Waals surface area contributed by atoms with Crippen molar-refractivity contribution in [3.63, 3.8) is 0 Å². The average molecular weight is 233 g/mol. The van der Waals surface area contributed by atoms with E-state index in [2.05, 4.69) is 5.10 Å². The summed E-state index contributed by atoms with van der Waals surface area (Å²) in [5.74, 6) is 0.237. The Morgan fingerprint density at radius 1 is 1.29 bits per heavy atom. The fourth-order valence-electron chi connectivity index (χ4n) is 1.85. The Bertz CT molecular complexity index is 484. The highest BCUT2D eigenvalue weighted by atomic mass is 16.3. The minimum Gasteiger partial charge on any atom is -0.388 e. The van der Waals surface area contributed by atoms with E-state index >= 15 is 0 Å². The minimum absolute atomic E-state index is 0.237. The molecule has 0 amide bonds. The van der Waals surface area contributed by atoms with E-state index in [4.69, 9.17) is 0 Å². The molecular weight excluding hydrogens is 214 g/mol. The van der Waals surface area contributed by atoms with Gasteiger partial charge in [0.25, 0.3) is 0 Å². The van der Waals surface area contributed by atoms with E-state index in [0.29, 0.717) is 0 Å². The highest BCUT2D eigenvalue weighted by Gasteiger charge is 2.13. The molecule has 1 atom stereocenters. The molecule has 0 fully saturated rings.